The predicted molar refractivity (Wildman–Crippen MR) is 164 cm³/mol. The van der Waals surface area contributed by atoms with E-state index in [9.17, 15) is 9.59 Å². The number of aryl methyl sites for hydroxylation is 2. The van der Waals surface area contributed by atoms with Crippen LogP contribution in [-0.4, -0.2) is 70.7 Å². The van der Waals surface area contributed by atoms with Gasteiger partial charge in [-0.05, 0) is 69.2 Å². The van der Waals surface area contributed by atoms with Gasteiger partial charge in [0.05, 0.1) is 29.0 Å². The van der Waals surface area contributed by atoms with E-state index in [4.69, 9.17) is 9.26 Å². The largest absolute Gasteiger partial charge is 0.372 e. The van der Waals surface area contributed by atoms with Crippen molar-refractivity contribution in [3.63, 3.8) is 0 Å². The molecular formula is C34H36N4O4. The summed E-state index contributed by atoms with van der Waals surface area (Å²) in [5.74, 6) is 0.554. The van der Waals surface area contributed by atoms with Crippen molar-refractivity contribution < 1.29 is 18.8 Å². The first-order valence-electron chi connectivity index (χ1n) is 14.4. The molecule has 5 aromatic rings. The van der Waals surface area contributed by atoms with Gasteiger partial charge in [0.1, 0.15) is 5.76 Å². The highest BCUT2D eigenvalue weighted by Crippen LogP contribution is 2.38. The van der Waals surface area contributed by atoms with Gasteiger partial charge < -0.3 is 23.6 Å². The minimum atomic E-state index is -0.111. The number of nitrogens with zero attached hydrogens (tertiary/aromatic N) is 4. The van der Waals surface area contributed by atoms with Crippen molar-refractivity contribution in [2.45, 2.75) is 46.4 Å². The summed E-state index contributed by atoms with van der Waals surface area (Å²) in [5, 5.41) is 5.87. The second-order valence-corrected chi connectivity index (χ2v) is 11.6. The van der Waals surface area contributed by atoms with E-state index in [0.717, 1.165) is 44.2 Å². The number of benzene rings is 3. The predicted octanol–water partition coefficient (Wildman–Crippen LogP) is 6.07. The van der Waals surface area contributed by atoms with Gasteiger partial charge in [0.2, 0.25) is 0 Å². The van der Waals surface area contributed by atoms with Crippen molar-refractivity contribution in [2.75, 3.05) is 27.2 Å². The summed E-state index contributed by atoms with van der Waals surface area (Å²) >= 11 is 0. The molecule has 2 amide bonds. The average Bonchev–Trinajstić information content (AvgIpc) is 3.46. The summed E-state index contributed by atoms with van der Waals surface area (Å²) in [4.78, 5) is 31.0. The molecule has 2 unspecified atom stereocenters. The molecule has 0 radical (unpaired) electrons. The van der Waals surface area contributed by atoms with Gasteiger partial charge >= 0.3 is 0 Å². The molecule has 216 valence electrons. The van der Waals surface area contributed by atoms with E-state index in [2.05, 4.69) is 27.9 Å². The lowest BCUT2D eigenvalue weighted by Crippen LogP contribution is -2.48. The van der Waals surface area contributed by atoms with E-state index in [1.807, 2.05) is 75.1 Å². The quantitative estimate of drug-likeness (QED) is 0.259. The van der Waals surface area contributed by atoms with Gasteiger partial charge in [0.15, 0.2) is 0 Å². The highest BCUT2D eigenvalue weighted by molar-refractivity contribution is 6.20. The Balaban J connectivity index is 1.62. The molecule has 0 aliphatic carbocycles. The van der Waals surface area contributed by atoms with E-state index < -0.39 is 0 Å². The lowest BCUT2D eigenvalue weighted by molar-refractivity contribution is -0.0586. The van der Waals surface area contributed by atoms with Crippen molar-refractivity contribution in [1.82, 2.24) is 19.5 Å². The fraction of sp³-hybridized carbons (Fsp3) is 0.324. The van der Waals surface area contributed by atoms with Gasteiger partial charge in [-0.3, -0.25) is 9.59 Å². The van der Waals surface area contributed by atoms with Crippen LogP contribution >= 0.6 is 0 Å². The highest BCUT2D eigenvalue weighted by atomic mass is 16.5. The number of carbonyl (C=O) groups excluding carboxylic acids is 2. The third-order valence-corrected chi connectivity index (χ3v) is 8.06. The van der Waals surface area contributed by atoms with Crippen LogP contribution in [0, 0.1) is 13.8 Å². The Morgan fingerprint density at radius 3 is 2.31 bits per heavy atom. The first-order valence-corrected chi connectivity index (χ1v) is 14.4. The Bertz CT molecular complexity index is 1790. The standard InChI is InChI=1S/C34H36N4O4/c1-20-17-37(18-21(2)41-20)33(39)25-12-13-29-27(14-25)32-28(34(40)36(5)6)15-26(31-22(3)35-42-23(31)4)16-30(32)38(29)19-24-10-8-7-9-11-24/h7-16,20-21H,17-19H2,1-6H3. The van der Waals surface area contributed by atoms with Gasteiger partial charge in [-0.15, -0.1) is 0 Å². The highest BCUT2D eigenvalue weighted by Gasteiger charge is 2.28. The molecule has 3 heterocycles. The molecule has 1 fully saturated rings. The van der Waals surface area contributed by atoms with Crippen LogP contribution in [-0.2, 0) is 11.3 Å². The molecule has 1 aliphatic rings. The number of morpholine rings is 1. The summed E-state index contributed by atoms with van der Waals surface area (Å²) in [6.45, 7) is 9.47. The van der Waals surface area contributed by atoms with Crippen LogP contribution in [0.25, 0.3) is 32.9 Å². The molecule has 2 aromatic heterocycles. The number of amides is 2. The molecule has 2 atom stereocenters. The van der Waals surface area contributed by atoms with Gasteiger partial charge in [-0.1, -0.05) is 35.5 Å². The minimum Gasteiger partial charge on any atom is -0.372 e. The van der Waals surface area contributed by atoms with Crippen LogP contribution in [0.4, 0.5) is 0 Å². The Kier molecular flexibility index (Phi) is 7.10. The number of rotatable bonds is 5. The van der Waals surface area contributed by atoms with Crippen molar-refractivity contribution in [3.05, 3.63) is 88.8 Å². The zero-order chi connectivity index (χ0) is 29.7. The summed E-state index contributed by atoms with van der Waals surface area (Å²) in [7, 11) is 3.52. The molecule has 0 N–H and O–H groups in total. The van der Waals surface area contributed by atoms with E-state index in [1.165, 1.54) is 0 Å². The lowest BCUT2D eigenvalue weighted by atomic mass is 9.96. The van der Waals surface area contributed by atoms with Gasteiger partial charge in [0, 0.05) is 61.1 Å². The molecule has 0 saturated carbocycles. The molecule has 1 saturated heterocycles. The molecule has 1 aliphatic heterocycles. The number of hydrogen-bond donors (Lipinski definition) is 0. The maximum Gasteiger partial charge on any atom is 0.254 e. The molecule has 0 bridgehead atoms. The number of ether oxygens (including phenoxy) is 1. The topological polar surface area (TPSA) is 80.8 Å². The maximum absolute atomic E-state index is 13.8. The molecule has 3 aromatic carbocycles. The van der Waals surface area contributed by atoms with Crippen LogP contribution in [0.5, 0.6) is 0 Å². The number of carbonyl (C=O) groups is 2. The number of aromatic nitrogens is 2. The van der Waals surface area contributed by atoms with Crippen LogP contribution in [0.15, 0.2) is 65.2 Å². The van der Waals surface area contributed by atoms with Gasteiger partial charge in [-0.25, -0.2) is 0 Å². The minimum absolute atomic E-state index is 0.0266. The Hall–Kier alpha value is -4.43. The summed E-state index contributed by atoms with van der Waals surface area (Å²) in [5.41, 5.74) is 6.69. The average molecular weight is 565 g/mol. The monoisotopic (exact) mass is 564 g/mol. The molecule has 6 rings (SSSR count). The van der Waals surface area contributed by atoms with E-state index in [0.29, 0.717) is 36.5 Å². The second kappa shape index (κ2) is 10.8. The third-order valence-electron chi connectivity index (χ3n) is 8.06. The fourth-order valence-electron chi connectivity index (χ4n) is 6.27. The summed E-state index contributed by atoms with van der Waals surface area (Å²) < 4.78 is 13.6. The van der Waals surface area contributed by atoms with Gasteiger partial charge in [0.25, 0.3) is 11.8 Å². The Morgan fingerprint density at radius 2 is 1.67 bits per heavy atom. The number of fused-ring (bicyclic) bond motifs is 3. The van der Waals surface area contributed by atoms with E-state index in [-0.39, 0.29) is 24.0 Å². The smallest absolute Gasteiger partial charge is 0.254 e. The zero-order valence-corrected chi connectivity index (χ0v) is 25.0. The van der Waals surface area contributed by atoms with Crippen molar-refractivity contribution >= 4 is 33.6 Å². The van der Waals surface area contributed by atoms with E-state index in [1.54, 1.807) is 19.0 Å². The molecule has 42 heavy (non-hydrogen) atoms. The zero-order valence-electron chi connectivity index (χ0n) is 25.0. The molecular weight excluding hydrogens is 528 g/mol. The van der Waals surface area contributed by atoms with Crippen LogP contribution in [0.2, 0.25) is 0 Å². The first kappa shape index (κ1) is 27.7. The van der Waals surface area contributed by atoms with Crippen LogP contribution < -0.4 is 0 Å². The van der Waals surface area contributed by atoms with Crippen molar-refractivity contribution in [2.24, 2.45) is 0 Å². The van der Waals surface area contributed by atoms with Crippen LogP contribution in [0.3, 0.4) is 0 Å². The maximum atomic E-state index is 13.8. The van der Waals surface area contributed by atoms with Crippen molar-refractivity contribution in [3.8, 4) is 11.1 Å². The normalized spacial score (nSPS) is 17.2. The molecule has 8 heteroatoms. The van der Waals surface area contributed by atoms with Crippen LogP contribution in [0.1, 0.15) is 51.6 Å². The van der Waals surface area contributed by atoms with Crippen molar-refractivity contribution in [1.29, 1.82) is 0 Å². The third kappa shape index (κ3) is 4.86. The fourth-order valence-corrected chi connectivity index (χ4v) is 6.27. The Morgan fingerprint density at radius 1 is 0.952 bits per heavy atom. The molecule has 0 spiro atoms. The van der Waals surface area contributed by atoms with Gasteiger partial charge in [-0.2, -0.15) is 0 Å². The Labute approximate surface area is 245 Å². The second-order valence-electron chi connectivity index (χ2n) is 11.6. The summed E-state index contributed by atoms with van der Waals surface area (Å²) in [6.07, 6.45) is -0.0532. The molecule has 8 nitrogen and oxygen atoms in total. The lowest BCUT2D eigenvalue weighted by Gasteiger charge is -2.35. The first-order chi connectivity index (χ1) is 20.1. The SMILES string of the molecule is Cc1noc(C)c1-c1cc(C(=O)N(C)C)c2c3cc(C(=O)N4CC(C)OC(C)C4)ccc3n(Cc3ccccc3)c2c1. The number of hydrogen-bond acceptors (Lipinski definition) is 5. The summed E-state index contributed by atoms with van der Waals surface area (Å²) in [6, 6.07) is 20.2. The van der Waals surface area contributed by atoms with E-state index >= 15 is 0 Å².